The topological polar surface area (TPSA) is 9.23 Å². The van der Waals surface area contributed by atoms with Crippen molar-refractivity contribution >= 4 is 0 Å². The second-order valence-corrected chi connectivity index (χ2v) is 3.54. The molecule has 0 heterocycles. The molecule has 0 fully saturated rings. The van der Waals surface area contributed by atoms with Crippen LogP contribution in [0.5, 0.6) is 0 Å². The first kappa shape index (κ1) is 10.4. The van der Waals surface area contributed by atoms with Gasteiger partial charge in [0.2, 0.25) is 0 Å². The number of ether oxygens (including phenoxy) is 1. The van der Waals surface area contributed by atoms with Gasteiger partial charge in [0.25, 0.3) is 0 Å². The second kappa shape index (κ2) is 5.85. The van der Waals surface area contributed by atoms with Crippen LogP contribution in [0.3, 0.4) is 0 Å². The lowest BCUT2D eigenvalue weighted by molar-refractivity contribution is 0.236. The highest BCUT2D eigenvalue weighted by molar-refractivity contribution is 5.23. The molecule has 0 aliphatic heterocycles. The van der Waals surface area contributed by atoms with Gasteiger partial charge in [0.05, 0.1) is 6.61 Å². The van der Waals surface area contributed by atoms with E-state index >= 15 is 0 Å². The molecule has 0 bridgehead atoms. The Labute approximate surface area is 81.5 Å². The Morgan fingerprint density at radius 3 is 2.92 bits per heavy atom. The molecule has 13 heavy (non-hydrogen) atoms. The number of hydrogen-bond donors (Lipinski definition) is 0. The Hall–Kier alpha value is -0.720. The standard InChI is InChI=1S/C12H20O/c1-3-13-11(2)12-9-7-5-4-6-8-10-12/h9H,2-8,10H2,1H3/b12-9+. The normalized spacial score (nSPS) is 22.4. The van der Waals surface area contributed by atoms with Crippen LogP contribution >= 0.6 is 0 Å². The average molecular weight is 180 g/mol. The summed E-state index contributed by atoms with van der Waals surface area (Å²) in [4.78, 5) is 0. The zero-order valence-corrected chi connectivity index (χ0v) is 8.64. The summed E-state index contributed by atoms with van der Waals surface area (Å²) in [5.41, 5.74) is 1.33. The van der Waals surface area contributed by atoms with Crippen molar-refractivity contribution in [1.29, 1.82) is 0 Å². The second-order valence-electron chi connectivity index (χ2n) is 3.54. The lowest BCUT2D eigenvalue weighted by atomic mass is 9.99. The third-order valence-electron chi connectivity index (χ3n) is 2.47. The van der Waals surface area contributed by atoms with Gasteiger partial charge in [-0.05, 0) is 38.2 Å². The first-order valence-electron chi connectivity index (χ1n) is 5.35. The molecule has 0 amide bonds. The molecule has 1 aliphatic carbocycles. The van der Waals surface area contributed by atoms with Gasteiger partial charge in [-0.2, -0.15) is 0 Å². The van der Waals surface area contributed by atoms with Crippen LogP contribution in [0.4, 0.5) is 0 Å². The molecule has 0 aromatic rings. The maximum absolute atomic E-state index is 5.41. The number of hydrogen-bond acceptors (Lipinski definition) is 1. The van der Waals surface area contributed by atoms with Crippen molar-refractivity contribution in [1.82, 2.24) is 0 Å². The molecule has 0 N–H and O–H groups in total. The van der Waals surface area contributed by atoms with E-state index in [-0.39, 0.29) is 0 Å². The zero-order chi connectivity index (χ0) is 9.52. The smallest absolute Gasteiger partial charge is 0.114 e. The van der Waals surface area contributed by atoms with E-state index in [1.807, 2.05) is 6.92 Å². The predicted octanol–water partition coefficient (Wildman–Crippen LogP) is 3.82. The number of rotatable bonds is 3. The van der Waals surface area contributed by atoms with Crippen molar-refractivity contribution < 1.29 is 4.74 Å². The van der Waals surface area contributed by atoms with Crippen molar-refractivity contribution in [2.45, 2.75) is 45.4 Å². The molecule has 1 rings (SSSR count). The molecule has 0 aromatic heterocycles. The predicted molar refractivity (Wildman–Crippen MR) is 56.6 cm³/mol. The number of allylic oxidation sites excluding steroid dienone is 2. The summed E-state index contributed by atoms with van der Waals surface area (Å²) in [6.45, 7) is 6.69. The molecule has 1 heteroatoms. The van der Waals surface area contributed by atoms with Crippen molar-refractivity contribution in [3.63, 3.8) is 0 Å². The van der Waals surface area contributed by atoms with Crippen molar-refractivity contribution in [3.05, 3.63) is 24.0 Å². The fourth-order valence-electron chi connectivity index (χ4n) is 1.71. The van der Waals surface area contributed by atoms with Crippen LogP contribution in [0.2, 0.25) is 0 Å². The first-order chi connectivity index (χ1) is 6.34. The molecule has 74 valence electrons. The maximum atomic E-state index is 5.41. The Morgan fingerprint density at radius 1 is 1.38 bits per heavy atom. The molecule has 0 unspecified atom stereocenters. The Balaban J connectivity index is 2.48. The third-order valence-corrected chi connectivity index (χ3v) is 2.47. The molecule has 1 nitrogen and oxygen atoms in total. The molecule has 0 saturated heterocycles. The van der Waals surface area contributed by atoms with Gasteiger partial charge < -0.3 is 4.74 Å². The van der Waals surface area contributed by atoms with Crippen LogP contribution in [-0.2, 0) is 4.74 Å². The first-order valence-corrected chi connectivity index (χ1v) is 5.35. The summed E-state index contributed by atoms with van der Waals surface area (Å²) >= 11 is 0. The van der Waals surface area contributed by atoms with E-state index in [2.05, 4.69) is 12.7 Å². The fourth-order valence-corrected chi connectivity index (χ4v) is 1.71. The largest absolute Gasteiger partial charge is 0.494 e. The average Bonchev–Trinajstić information content (AvgIpc) is 2.03. The summed E-state index contributed by atoms with van der Waals surface area (Å²) in [7, 11) is 0. The van der Waals surface area contributed by atoms with Gasteiger partial charge in [-0.25, -0.2) is 0 Å². The van der Waals surface area contributed by atoms with Gasteiger partial charge >= 0.3 is 0 Å². The van der Waals surface area contributed by atoms with Gasteiger partial charge in [0, 0.05) is 0 Å². The minimum absolute atomic E-state index is 0.732. The summed E-state index contributed by atoms with van der Waals surface area (Å²) in [5, 5.41) is 0. The third kappa shape index (κ3) is 3.67. The summed E-state index contributed by atoms with van der Waals surface area (Å²) in [6, 6.07) is 0. The van der Waals surface area contributed by atoms with Gasteiger partial charge in [-0.3, -0.25) is 0 Å². The van der Waals surface area contributed by atoms with Crippen molar-refractivity contribution in [2.24, 2.45) is 0 Å². The van der Waals surface area contributed by atoms with Crippen LogP contribution in [0.15, 0.2) is 24.0 Å². The SMILES string of the molecule is C=C(OCC)/C1=C/CCCCCC1. The minimum atomic E-state index is 0.732. The van der Waals surface area contributed by atoms with E-state index in [1.165, 1.54) is 37.7 Å². The van der Waals surface area contributed by atoms with Crippen LogP contribution in [0.1, 0.15) is 45.4 Å². The van der Waals surface area contributed by atoms with Crippen molar-refractivity contribution in [2.75, 3.05) is 6.61 Å². The summed E-state index contributed by atoms with van der Waals surface area (Å²) < 4.78 is 5.41. The minimum Gasteiger partial charge on any atom is -0.494 e. The quantitative estimate of drug-likeness (QED) is 0.600. The summed E-state index contributed by atoms with van der Waals surface area (Å²) in [6.07, 6.45) is 10.00. The molecule has 0 atom stereocenters. The van der Waals surface area contributed by atoms with Crippen LogP contribution in [0.25, 0.3) is 0 Å². The Bertz CT molecular complexity index is 191. The summed E-state index contributed by atoms with van der Waals surface area (Å²) in [5.74, 6) is 0.893. The van der Waals surface area contributed by atoms with Crippen LogP contribution < -0.4 is 0 Å². The monoisotopic (exact) mass is 180 g/mol. The highest BCUT2D eigenvalue weighted by atomic mass is 16.5. The van der Waals surface area contributed by atoms with E-state index in [1.54, 1.807) is 0 Å². The molecular weight excluding hydrogens is 160 g/mol. The lowest BCUT2D eigenvalue weighted by Crippen LogP contribution is -1.97. The van der Waals surface area contributed by atoms with E-state index < -0.39 is 0 Å². The molecule has 0 aromatic carbocycles. The van der Waals surface area contributed by atoms with Crippen molar-refractivity contribution in [3.8, 4) is 0 Å². The van der Waals surface area contributed by atoms with Gasteiger partial charge in [-0.1, -0.05) is 25.5 Å². The van der Waals surface area contributed by atoms with E-state index in [9.17, 15) is 0 Å². The molecular formula is C12H20O. The maximum Gasteiger partial charge on any atom is 0.114 e. The van der Waals surface area contributed by atoms with E-state index in [4.69, 9.17) is 4.74 Å². The van der Waals surface area contributed by atoms with Gasteiger partial charge in [0.15, 0.2) is 0 Å². The molecule has 0 spiro atoms. The highest BCUT2D eigenvalue weighted by Gasteiger charge is 2.05. The van der Waals surface area contributed by atoms with Gasteiger partial charge in [-0.15, -0.1) is 0 Å². The molecule has 0 radical (unpaired) electrons. The zero-order valence-electron chi connectivity index (χ0n) is 8.64. The van der Waals surface area contributed by atoms with Crippen LogP contribution in [-0.4, -0.2) is 6.61 Å². The van der Waals surface area contributed by atoms with E-state index in [0.29, 0.717) is 0 Å². The Morgan fingerprint density at radius 2 is 2.15 bits per heavy atom. The highest BCUT2D eigenvalue weighted by Crippen LogP contribution is 2.22. The lowest BCUT2D eigenvalue weighted by Gasteiger charge is -2.13. The van der Waals surface area contributed by atoms with Crippen LogP contribution in [0, 0.1) is 0 Å². The van der Waals surface area contributed by atoms with E-state index in [0.717, 1.165) is 18.8 Å². The molecule has 1 aliphatic rings. The van der Waals surface area contributed by atoms with Gasteiger partial charge in [0.1, 0.15) is 5.76 Å². The molecule has 0 saturated carbocycles. The fraction of sp³-hybridized carbons (Fsp3) is 0.667. The Kier molecular flexibility index (Phi) is 4.66.